The molecule has 6 heteroatoms. The van der Waals surface area contributed by atoms with Crippen LogP contribution in [0.1, 0.15) is 16.2 Å². The van der Waals surface area contributed by atoms with E-state index in [0.717, 1.165) is 0 Å². The minimum absolute atomic E-state index is 0.0384. The summed E-state index contributed by atoms with van der Waals surface area (Å²) in [5.41, 5.74) is 0.0384. The van der Waals surface area contributed by atoms with Crippen molar-refractivity contribution in [1.29, 1.82) is 0 Å². The van der Waals surface area contributed by atoms with Crippen LogP contribution in [-0.4, -0.2) is 21.0 Å². The highest BCUT2D eigenvalue weighted by Crippen LogP contribution is 2.23. The van der Waals surface area contributed by atoms with E-state index >= 15 is 0 Å². The number of aromatic nitrogens is 2. The summed E-state index contributed by atoms with van der Waals surface area (Å²) >= 11 is 5.91. The SMILES string of the molecule is O=C(O)c1cnc(COc2ccccc2Cl)nc1. The molecule has 1 heterocycles. The van der Waals surface area contributed by atoms with Gasteiger partial charge in [-0.15, -0.1) is 0 Å². The standard InChI is InChI=1S/C12H9ClN2O3/c13-9-3-1-2-4-10(9)18-7-11-14-5-8(6-15-11)12(16)17/h1-6H,7H2,(H,16,17). The van der Waals surface area contributed by atoms with Crippen molar-refractivity contribution in [1.82, 2.24) is 9.97 Å². The summed E-state index contributed by atoms with van der Waals surface area (Å²) in [5, 5.41) is 9.19. The molecule has 0 aliphatic rings. The first-order valence-electron chi connectivity index (χ1n) is 5.08. The number of hydrogen-bond acceptors (Lipinski definition) is 4. The number of carbonyl (C=O) groups is 1. The second-order valence-electron chi connectivity index (χ2n) is 3.41. The zero-order valence-corrected chi connectivity index (χ0v) is 9.96. The second kappa shape index (κ2) is 5.46. The first-order valence-corrected chi connectivity index (χ1v) is 5.46. The lowest BCUT2D eigenvalue weighted by Gasteiger charge is -2.06. The van der Waals surface area contributed by atoms with E-state index in [0.29, 0.717) is 16.6 Å². The van der Waals surface area contributed by atoms with Crippen molar-refractivity contribution in [3.63, 3.8) is 0 Å². The number of hydrogen-bond donors (Lipinski definition) is 1. The third-order valence-corrected chi connectivity index (χ3v) is 2.46. The smallest absolute Gasteiger partial charge is 0.338 e. The van der Waals surface area contributed by atoms with Crippen LogP contribution in [0.5, 0.6) is 5.75 Å². The molecule has 0 unspecified atom stereocenters. The lowest BCUT2D eigenvalue weighted by molar-refractivity contribution is 0.0695. The largest absolute Gasteiger partial charge is 0.484 e. The maximum atomic E-state index is 10.6. The van der Waals surface area contributed by atoms with Crippen LogP contribution >= 0.6 is 11.6 Å². The van der Waals surface area contributed by atoms with Crippen LogP contribution in [-0.2, 0) is 6.61 Å². The van der Waals surface area contributed by atoms with Crippen molar-refractivity contribution in [3.05, 3.63) is 53.1 Å². The van der Waals surface area contributed by atoms with E-state index in [4.69, 9.17) is 21.4 Å². The average molecular weight is 265 g/mol. The molecule has 0 saturated heterocycles. The molecule has 0 bridgehead atoms. The first kappa shape index (κ1) is 12.3. The van der Waals surface area contributed by atoms with Gasteiger partial charge in [0.25, 0.3) is 0 Å². The van der Waals surface area contributed by atoms with Gasteiger partial charge in [-0.05, 0) is 12.1 Å². The molecule has 0 radical (unpaired) electrons. The Morgan fingerprint density at radius 1 is 1.28 bits per heavy atom. The Morgan fingerprint density at radius 3 is 2.56 bits per heavy atom. The Bertz CT molecular complexity index is 558. The number of aromatic carboxylic acids is 1. The quantitative estimate of drug-likeness (QED) is 0.918. The number of benzene rings is 1. The van der Waals surface area contributed by atoms with Gasteiger partial charge in [-0.3, -0.25) is 0 Å². The van der Waals surface area contributed by atoms with Gasteiger partial charge < -0.3 is 9.84 Å². The van der Waals surface area contributed by atoms with E-state index in [1.165, 1.54) is 12.4 Å². The normalized spacial score (nSPS) is 10.1. The molecule has 1 aromatic heterocycles. The molecular formula is C12H9ClN2O3. The van der Waals surface area contributed by atoms with Crippen LogP contribution < -0.4 is 4.74 Å². The molecule has 0 amide bonds. The van der Waals surface area contributed by atoms with E-state index in [-0.39, 0.29) is 12.2 Å². The Balaban J connectivity index is 2.02. The molecule has 92 valence electrons. The number of nitrogens with zero attached hydrogens (tertiary/aromatic N) is 2. The molecule has 0 aliphatic carbocycles. The Hall–Kier alpha value is -2.14. The molecule has 18 heavy (non-hydrogen) atoms. The minimum atomic E-state index is -1.06. The molecule has 1 aromatic carbocycles. The van der Waals surface area contributed by atoms with E-state index < -0.39 is 5.97 Å². The number of carboxylic acids is 1. The van der Waals surface area contributed by atoms with Crippen LogP contribution in [0, 0.1) is 0 Å². The van der Waals surface area contributed by atoms with Gasteiger partial charge in [0.1, 0.15) is 12.4 Å². The maximum absolute atomic E-state index is 10.6. The predicted molar refractivity (Wildman–Crippen MR) is 64.8 cm³/mol. The maximum Gasteiger partial charge on any atom is 0.338 e. The minimum Gasteiger partial charge on any atom is -0.484 e. The lowest BCUT2D eigenvalue weighted by atomic mass is 10.3. The van der Waals surface area contributed by atoms with Crippen LogP contribution in [0.4, 0.5) is 0 Å². The molecule has 1 N–H and O–H groups in total. The van der Waals surface area contributed by atoms with Crippen molar-refractivity contribution in [2.75, 3.05) is 0 Å². The van der Waals surface area contributed by atoms with Gasteiger partial charge in [0.2, 0.25) is 0 Å². The molecule has 2 aromatic rings. The van der Waals surface area contributed by atoms with Crippen molar-refractivity contribution in [3.8, 4) is 5.75 Å². The molecule has 0 atom stereocenters. The third kappa shape index (κ3) is 2.95. The monoisotopic (exact) mass is 264 g/mol. The molecule has 2 rings (SSSR count). The first-order chi connectivity index (χ1) is 8.66. The van der Waals surface area contributed by atoms with Crippen LogP contribution in [0.15, 0.2) is 36.7 Å². The average Bonchev–Trinajstić information content (AvgIpc) is 2.38. The van der Waals surface area contributed by atoms with E-state index in [2.05, 4.69) is 9.97 Å². The highest BCUT2D eigenvalue weighted by molar-refractivity contribution is 6.32. The van der Waals surface area contributed by atoms with Crippen LogP contribution in [0.3, 0.4) is 0 Å². The summed E-state index contributed by atoms with van der Waals surface area (Å²) in [6.07, 6.45) is 2.47. The Morgan fingerprint density at radius 2 is 1.94 bits per heavy atom. The summed E-state index contributed by atoms with van der Waals surface area (Å²) in [6, 6.07) is 7.04. The fraction of sp³-hybridized carbons (Fsp3) is 0.0833. The van der Waals surface area contributed by atoms with Crippen molar-refractivity contribution >= 4 is 17.6 Å². The number of halogens is 1. The van der Waals surface area contributed by atoms with Gasteiger partial charge in [0, 0.05) is 12.4 Å². The van der Waals surface area contributed by atoms with Crippen LogP contribution in [0.25, 0.3) is 0 Å². The van der Waals surface area contributed by atoms with Gasteiger partial charge in [0.05, 0.1) is 10.6 Å². The van der Waals surface area contributed by atoms with Gasteiger partial charge in [-0.1, -0.05) is 23.7 Å². The second-order valence-corrected chi connectivity index (χ2v) is 3.82. The topological polar surface area (TPSA) is 72.3 Å². The van der Waals surface area contributed by atoms with Gasteiger partial charge in [0.15, 0.2) is 5.82 Å². The lowest BCUT2D eigenvalue weighted by Crippen LogP contribution is -2.04. The van der Waals surface area contributed by atoms with Gasteiger partial charge in [-0.2, -0.15) is 0 Å². The Kier molecular flexibility index (Phi) is 3.74. The highest BCUT2D eigenvalue weighted by atomic mass is 35.5. The number of ether oxygens (including phenoxy) is 1. The zero-order chi connectivity index (χ0) is 13.0. The van der Waals surface area contributed by atoms with Crippen molar-refractivity contribution in [2.45, 2.75) is 6.61 Å². The van der Waals surface area contributed by atoms with Gasteiger partial charge in [-0.25, -0.2) is 14.8 Å². The third-order valence-electron chi connectivity index (χ3n) is 2.15. The molecule has 0 saturated carbocycles. The van der Waals surface area contributed by atoms with Crippen molar-refractivity contribution < 1.29 is 14.6 Å². The highest BCUT2D eigenvalue weighted by Gasteiger charge is 2.05. The fourth-order valence-corrected chi connectivity index (χ4v) is 1.43. The molecule has 0 spiro atoms. The molecular weight excluding hydrogens is 256 g/mol. The van der Waals surface area contributed by atoms with Crippen molar-refractivity contribution in [2.24, 2.45) is 0 Å². The molecule has 0 fully saturated rings. The summed E-state index contributed by atoms with van der Waals surface area (Å²) in [5.74, 6) is -0.140. The Labute approximate surface area is 108 Å². The fourth-order valence-electron chi connectivity index (χ4n) is 1.24. The summed E-state index contributed by atoms with van der Waals surface area (Å²) in [4.78, 5) is 18.4. The summed E-state index contributed by atoms with van der Waals surface area (Å²) in [7, 11) is 0. The number of rotatable bonds is 4. The molecule has 5 nitrogen and oxygen atoms in total. The van der Waals surface area contributed by atoms with Crippen LogP contribution in [0.2, 0.25) is 5.02 Å². The molecule has 0 aliphatic heterocycles. The van der Waals surface area contributed by atoms with E-state index in [9.17, 15) is 4.79 Å². The zero-order valence-electron chi connectivity index (χ0n) is 9.21. The van der Waals surface area contributed by atoms with Gasteiger partial charge >= 0.3 is 5.97 Å². The summed E-state index contributed by atoms with van der Waals surface area (Å²) in [6.45, 7) is 0.129. The number of para-hydroxylation sites is 1. The van der Waals surface area contributed by atoms with E-state index in [1.807, 2.05) is 0 Å². The number of carboxylic acid groups (broad SMARTS) is 1. The predicted octanol–water partition coefficient (Wildman–Crippen LogP) is 2.41. The van der Waals surface area contributed by atoms with E-state index in [1.54, 1.807) is 24.3 Å². The summed E-state index contributed by atoms with van der Waals surface area (Å²) < 4.78 is 5.42.